The number of hydrogen-bond donors (Lipinski definition) is 0. The molecule has 19 rings (SSSR count). The van der Waals surface area contributed by atoms with E-state index in [1.54, 1.807) is 59.6 Å². The van der Waals surface area contributed by atoms with Crippen molar-refractivity contribution in [3.8, 4) is 224 Å². The van der Waals surface area contributed by atoms with Gasteiger partial charge < -0.3 is 38.9 Å². The zero-order valence-electron chi connectivity index (χ0n) is 67.8. The summed E-state index contributed by atoms with van der Waals surface area (Å²) in [7, 11) is 6.58. The van der Waals surface area contributed by atoms with Crippen molar-refractivity contribution in [2.75, 3.05) is 28.4 Å². The minimum atomic E-state index is 0. The maximum absolute atomic E-state index is 5.41. The Morgan fingerprint density at radius 3 is 0.508 bits per heavy atom. The summed E-state index contributed by atoms with van der Waals surface area (Å²) in [5, 5.41) is 0. The van der Waals surface area contributed by atoms with Crippen LogP contribution in [0.5, 0.6) is 23.0 Å². The van der Waals surface area contributed by atoms with E-state index in [9.17, 15) is 0 Å². The zero-order chi connectivity index (χ0) is 82.2. The number of benzene rings is 14. The fourth-order valence-corrected chi connectivity index (χ4v) is 15.9. The van der Waals surface area contributed by atoms with Crippen LogP contribution in [0.4, 0.5) is 0 Å². The van der Waals surface area contributed by atoms with E-state index in [1.165, 1.54) is 0 Å². The number of pyridine rings is 4. The molecule has 5 aromatic heterocycles. The summed E-state index contributed by atoms with van der Waals surface area (Å²) >= 11 is 0. The van der Waals surface area contributed by atoms with E-state index in [2.05, 4.69) is 348 Å². The molecule has 0 aliphatic carbocycles. The molecule has 14 aromatic carbocycles. The number of ether oxygens (including phenoxy) is 4. The first kappa shape index (κ1) is 81.6. The van der Waals surface area contributed by atoms with Crippen molar-refractivity contribution >= 4 is 0 Å². The standard InChI is InChI=1S/C112H74N6O4.2Ir/c1-119-91-53-57-107(113-68-91)79-41-29-73(30-42-79)95-17-5-11-23-101(95)85-61-86(102-24-12-6-18-96(102)74-31-43-80(44-32-74)108-58-54-92(120-2)69-114-108)64-89(63-85)105-27-15-9-21-99(105)77-37-49-83(50-38-77)111-67-112(118-72-117-111)84-51-39-78(40-52-84)100-22-10-16-28-106(100)90-65-87(103-25-13-7-19-97(103)75-33-45-81(46-34-75)109-59-55-93(121-3)70-115-109)62-88(66-90)104-26-14-8-20-98(104)76-35-47-82(48-36-76)110-60-56-94(122-4)71-116-110;;/h5-41,43,45,47,49,51,53-72H,1-4H3;;/q-6;2*+3. The monoisotopic (exact) mass is 1950 g/mol. The maximum atomic E-state index is 5.41. The second kappa shape index (κ2) is 37.1. The van der Waals surface area contributed by atoms with Crippen LogP contribution in [-0.2, 0) is 40.2 Å². The van der Waals surface area contributed by atoms with E-state index < -0.39 is 0 Å². The number of nitrogens with zero attached hydrogens (tertiary/aromatic N) is 6. The van der Waals surface area contributed by atoms with Crippen molar-refractivity contribution in [1.82, 2.24) is 29.9 Å². The van der Waals surface area contributed by atoms with Gasteiger partial charge >= 0.3 is 40.2 Å². The average molecular weight is 1950 g/mol. The van der Waals surface area contributed by atoms with E-state index in [0.717, 1.165) is 201 Å². The van der Waals surface area contributed by atoms with Crippen LogP contribution in [0.1, 0.15) is 0 Å². The van der Waals surface area contributed by atoms with Crippen molar-refractivity contribution in [1.29, 1.82) is 0 Å². The molecule has 0 amide bonds. The first-order valence-corrected chi connectivity index (χ1v) is 40.1. The molecule has 0 N–H and O–H groups in total. The van der Waals surface area contributed by atoms with Gasteiger partial charge in [0.15, 0.2) is 0 Å². The van der Waals surface area contributed by atoms with E-state index in [4.69, 9.17) is 28.9 Å². The minimum Gasteiger partial charge on any atom is -0.495 e. The molecule has 0 fully saturated rings. The van der Waals surface area contributed by atoms with Crippen LogP contribution in [0.3, 0.4) is 0 Å². The van der Waals surface area contributed by atoms with Crippen LogP contribution in [-0.4, -0.2) is 58.3 Å². The third kappa shape index (κ3) is 17.2. The van der Waals surface area contributed by atoms with Gasteiger partial charge in [0.05, 0.1) is 59.6 Å². The normalized spacial score (nSPS) is 10.9. The van der Waals surface area contributed by atoms with Crippen molar-refractivity contribution in [2.45, 2.75) is 0 Å². The van der Waals surface area contributed by atoms with Crippen LogP contribution in [0, 0.1) is 36.4 Å². The molecule has 19 aromatic rings. The molecule has 0 aliphatic heterocycles. The Hall–Kier alpha value is -14.7. The van der Waals surface area contributed by atoms with Crippen LogP contribution < -0.4 is 18.9 Å². The van der Waals surface area contributed by atoms with Gasteiger partial charge in [0.25, 0.3) is 0 Å². The van der Waals surface area contributed by atoms with Crippen molar-refractivity contribution in [3.63, 3.8) is 0 Å². The predicted octanol–water partition coefficient (Wildman–Crippen LogP) is 26.9. The Balaban J connectivity index is 0.00000544. The van der Waals surface area contributed by atoms with Crippen LogP contribution in [0.25, 0.3) is 201 Å². The van der Waals surface area contributed by atoms with Gasteiger partial charge in [0.1, 0.15) is 23.0 Å². The Kier molecular flexibility index (Phi) is 24.4. The molecule has 594 valence electrons. The van der Waals surface area contributed by atoms with Gasteiger partial charge in [0, 0.05) is 0 Å². The molecule has 0 radical (unpaired) electrons. The Morgan fingerprint density at radius 1 is 0.177 bits per heavy atom. The van der Waals surface area contributed by atoms with Gasteiger partial charge in [0.2, 0.25) is 0 Å². The smallest absolute Gasteiger partial charge is 0.495 e. The number of methoxy groups -OCH3 is 4. The van der Waals surface area contributed by atoms with Gasteiger partial charge in [-0.2, -0.15) is 0 Å². The average Bonchev–Trinajstić information content (AvgIpc) is 0.769. The van der Waals surface area contributed by atoms with Crippen LogP contribution in [0.15, 0.2) is 377 Å². The molecule has 124 heavy (non-hydrogen) atoms. The summed E-state index contributed by atoms with van der Waals surface area (Å²) in [5.74, 6) is 2.81. The maximum Gasteiger partial charge on any atom is 3.00 e. The fraction of sp³-hybridized carbons (Fsp3) is 0.0357. The minimum absolute atomic E-state index is 0. The topological polar surface area (TPSA) is 114 Å². The molecule has 0 saturated heterocycles. The number of aromatic nitrogens is 6. The molecule has 0 unspecified atom stereocenters. The second-order valence-electron chi connectivity index (χ2n) is 29.4. The van der Waals surface area contributed by atoms with E-state index in [-0.39, 0.29) is 40.2 Å². The van der Waals surface area contributed by atoms with E-state index in [0.29, 0.717) is 23.0 Å². The van der Waals surface area contributed by atoms with E-state index >= 15 is 0 Å². The quantitative estimate of drug-likeness (QED) is 0.0608. The summed E-state index contributed by atoms with van der Waals surface area (Å²) in [6.07, 6.45) is 8.56. The molecule has 0 saturated carbocycles. The molecule has 10 nitrogen and oxygen atoms in total. The molecular formula is C112H74Ir2N6O4. The summed E-state index contributed by atoms with van der Waals surface area (Å²) < 4.78 is 21.6. The first-order valence-electron chi connectivity index (χ1n) is 40.1. The molecule has 5 heterocycles. The Bertz CT molecular complexity index is 6250. The Labute approximate surface area is 749 Å². The molecule has 12 heteroatoms. The van der Waals surface area contributed by atoms with Crippen molar-refractivity contribution in [2.24, 2.45) is 0 Å². The van der Waals surface area contributed by atoms with Crippen molar-refractivity contribution < 1.29 is 59.2 Å². The summed E-state index contributed by atoms with van der Waals surface area (Å²) in [6.45, 7) is 0. The zero-order valence-corrected chi connectivity index (χ0v) is 72.6. The van der Waals surface area contributed by atoms with Gasteiger partial charge in [-0.15, -0.1) is 179 Å². The molecule has 0 aliphatic rings. The summed E-state index contributed by atoms with van der Waals surface area (Å²) in [5.41, 5.74) is 35.3. The summed E-state index contributed by atoms with van der Waals surface area (Å²) in [6, 6.07) is 142. The third-order valence-electron chi connectivity index (χ3n) is 22.2. The number of hydrogen-bond acceptors (Lipinski definition) is 10. The Morgan fingerprint density at radius 2 is 0.355 bits per heavy atom. The molecule has 0 bridgehead atoms. The van der Waals surface area contributed by atoms with Gasteiger partial charge in [-0.25, -0.2) is 0 Å². The SMILES string of the molecule is COc1ccc(-c2[c-]cc(-c3ccccc3-c3cc(-c4ccccc4-c4c[c-]c(-c5ccc(OC)cn5)cc4)cc(-c4ccccc4-c4c[c-]c(-c5cc(-c6[c-]cc(-c7ccccc7-c7cc(-c8ccccc8-c8c[c-]c(-c9ccc(OC)cn9)cc8)cc(-c8ccccc8-c8c[c-]c(-c9ccc(OC)cn9)cc8)c7)cc6)ncn5)cc4)c3)cc2)nc1.[Ir+3].[Ir+3]. The third-order valence-corrected chi connectivity index (χ3v) is 22.2. The van der Waals surface area contributed by atoms with E-state index in [1.807, 2.05) is 54.6 Å². The molecule has 0 atom stereocenters. The predicted molar refractivity (Wildman–Crippen MR) is 490 cm³/mol. The van der Waals surface area contributed by atoms with Gasteiger partial charge in [-0.3, -0.25) is 9.97 Å². The summed E-state index contributed by atoms with van der Waals surface area (Å²) in [4.78, 5) is 28.3. The van der Waals surface area contributed by atoms with Gasteiger partial charge in [-0.1, -0.05) is 243 Å². The van der Waals surface area contributed by atoms with Crippen LogP contribution >= 0.6 is 0 Å². The largest absolute Gasteiger partial charge is 3.00 e. The van der Waals surface area contributed by atoms with Gasteiger partial charge in [-0.05, 0) is 162 Å². The second-order valence-corrected chi connectivity index (χ2v) is 29.4. The van der Waals surface area contributed by atoms with Crippen LogP contribution in [0.2, 0.25) is 0 Å². The first-order chi connectivity index (χ1) is 60.2. The van der Waals surface area contributed by atoms with Crippen molar-refractivity contribution in [3.05, 3.63) is 413 Å². The fourth-order valence-electron chi connectivity index (χ4n) is 15.9. The molecule has 0 spiro atoms. The molecular weight excluding hydrogens is 1880 g/mol. The number of rotatable bonds is 22.